The van der Waals surface area contributed by atoms with Gasteiger partial charge in [-0.3, -0.25) is 0 Å². The van der Waals surface area contributed by atoms with Crippen molar-refractivity contribution >= 4 is 18.3 Å². The highest BCUT2D eigenvalue weighted by atomic mass is 19.4. The van der Waals surface area contributed by atoms with Gasteiger partial charge in [0.1, 0.15) is 0 Å². The summed E-state index contributed by atoms with van der Waals surface area (Å²) in [4.78, 5) is 0. The molecule has 1 aliphatic heterocycles. The van der Waals surface area contributed by atoms with E-state index >= 15 is 0 Å². The smallest absolute Gasteiger partial charge is 0.399 e. The Morgan fingerprint density at radius 2 is 1.45 bits per heavy atom. The van der Waals surface area contributed by atoms with E-state index in [1.807, 2.05) is 41.5 Å². The first-order valence-electron chi connectivity index (χ1n) is 7.26. The van der Waals surface area contributed by atoms with Crippen molar-refractivity contribution < 1.29 is 22.5 Å². The summed E-state index contributed by atoms with van der Waals surface area (Å²) in [5.41, 5.74) is 4.23. The highest BCUT2D eigenvalue weighted by Gasteiger charge is 2.52. The summed E-state index contributed by atoms with van der Waals surface area (Å²) in [6.07, 6.45) is -4.41. The lowest BCUT2D eigenvalue weighted by Crippen LogP contribution is -2.41. The average molecular weight is 317 g/mol. The molecule has 3 nitrogen and oxygen atoms in total. The molecule has 22 heavy (non-hydrogen) atoms. The van der Waals surface area contributed by atoms with Gasteiger partial charge in [-0.15, -0.1) is 0 Å². The first-order chi connectivity index (χ1) is 9.94. The van der Waals surface area contributed by atoms with Crippen LogP contribution in [0.5, 0.6) is 0 Å². The minimum absolute atomic E-state index is 0.0123. The van der Waals surface area contributed by atoms with Gasteiger partial charge in [-0.05, 0) is 33.8 Å². The van der Waals surface area contributed by atoms with Gasteiger partial charge in [0.05, 0.1) is 16.8 Å². The fourth-order valence-corrected chi connectivity index (χ4v) is 1.94. The van der Waals surface area contributed by atoms with Gasteiger partial charge in [0.2, 0.25) is 0 Å². The lowest BCUT2D eigenvalue weighted by molar-refractivity contribution is -0.137. The third-order valence-electron chi connectivity index (χ3n) is 3.92. The quantitative estimate of drug-likeness (QED) is 0.636. The molecular weight excluding hydrogens is 294 g/mol. The SMILES string of the molecule is CC.CC1(C)OB(c2ccc(C(F)(F)F)cc2N)OC1(C)C. The lowest BCUT2D eigenvalue weighted by atomic mass is 9.77. The van der Waals surface area contributed by atoms with Gasteiger partial charge >= 0.3 is 13.3 Å². The molecule has 0 radical (unpaired) electrons. The highest BCUT2D eigenvalue weighted by Crippen LogP contribution is 2.37. The Bertz CT molecular complexity index is 514. The molecule has 1 aromatic rings. The minimum Gasteiger partial charge on any atom is -0.399 e. The molecule has 0 atom stereocenters. The summed E-state index contributed by atoms with van der Waals surface area (Å²) < 4.78 is 49.4. The topological polar surface area (TPSA) is 44.5 Å². The van der Waals surface area contributed by atoms with Crippen molar-refractivity contribution in [1.82, 2.24) is 0 Å². The number of nitrogens with two attached hydrogens (primary N) is 1. The maximum absolute atomic E-state index is 12.6. The maximum Gasteiger partial charge on any atom is 0.496 e. The molecular formula is C15H23BF3NO2. The molecule has 0 saturated carbocycles. The van der Waals surface area contributed by atoms with Gasteiger partial charge in [-0.25, -0.2) is 0 Å². The highest BCUT2D eigenvalue weighted by molar-refractivity contribution is 6.63. The van der Waals surface area contributed by atoms with Gasteiger partial charge in [0.25, 0.3) is 0 Å². The molecule has 0 spiro atoms. The zero-order chi connectivity index (χ0) is 17.3. The standard InChI is InChI=1S/C13H17BF3NO2.C2H6/c1-11(2)12(3,4)20-14(19-11)9-6-5-8(7-10(9)18)13(15,16)17;1-2/h5-7H,18H2,1-4H3;1-2H3. The summed E-state index contributed by atoms with van der Waals surface area (Å²) in [5.74, 6) is 0. The zero-order valence-corrected chi connectivity index (χ0v) is 13.8. The van der Waals surface area contributed by atoms with E-state index in [-0.39, 0.29) is 5.69 Å². The molecule has 0 unspecified atom stereocenters. The van der Waals surface area contributed by atoms with E-state index in [1.165, 1.54) is 6.07 Å². The van der Waals surface area contributed by atoms with Crippen LogP contribution in [0.1, 0.15) is 47.1 Å². The van der Waals surface area contributed by atoms with Crippen molar-refractivity contribution in [3.05, 3.63) is 23.8 Å². The van der Waals surface area contributed by atoms with Gasteiger partial charge in [0.15, 0.2) is 0 Å². The van der Waals surface area contributed by atoms with E-state index in [4.69, 9.17) is 15.0 Å². The van der Waals surface area contributed by atoms with Crippen LogP contribution in [0.25, 0.3) is 0 Å². The van der Waals surface area contributed by atoms with Crippen molar-refractivity contribution in [2.75, 3.05) is 5.73 Å². The van der Waals surface area contributed by atoms with E-state index in [2.05, 4.69) is 0 Å². The Morgan fingerprint density at radius 1 is 1.00 bits per heavy atom. The summed E-state index contributed by atoms with van der Waals surface area (Å²) in [5, 5.41) is 0. The van der Waals surface area contributed by atoms with Crippen LogP contribution < -0.4 is 11.2 Å². The Labute approximate surface area is 130 Å². The Balaban J connectivity index is 0.00000116. The summed E-state index contributed by atoms with van der Waals surface area (Å²) in [6, 6.07) is 3.19. The van der Waals surface area contributed by atoms with E-state index in [9.17, 15) is 13.2 Å². The summed E-state index contributed by atoms with van der Waals surface area (Å²) in [6.45, 7) is 11.5. The van der Waals surface area contributed by atoms with Crippen LogP contribution in [0.3, 0.4) is 0 Å². The fraction of sp³-hybridized carbons (Fsp3) is 0.600. The molecule has 2 rings (SSSR count). The van der Waals surface area contributed by atoms with E-state index in [1.54, 1.807) is 0 Å². The summed E-state index contributed by atoms with van der Waals surface area (Å²) >= 11 is 0. The third kappa shape index (κ3) is 3.58. The van der Waals surface area contributed by atoms with Crippen LogP contribution in [-0.4, -0.2) is 18.3 Å². The van der Waals surface area contributed by atoms with Gasteiger partial charge in [-0.1, -0.05) is 26.0 Å². The normalized spacial score (nSPS) is 19.6. The van der Waals surface area contributed by atoms with Crippen molar-refractivity contribution in [2.45, 2.75) is 58.9 Å². The van der Waals surface area contributed by atoms with Crippen LogP contribution in [0.2, 0.25) is 0 Å². The number of nitrogen functional groups attached to an aromatic ring is 1. The van der Waals surface area contributed by atoms with Gasteiger partial charge < -0.3 is 15.0 Å². The van der Waals surface area contributed by atoms with E-state index < -0.39 is 30.1 Å². The van der Waals surface area contributed by atoms with Crippen molar-refractivity contribution in [3.63, 3.8) is 0 Å². The van der Waals surface area contributed by atoms with Gasteiger partial charge in [0, 0.05) is 11.2 Å². The first kappa shape index (κ1) is 18.8. The minimum atomic E-state index is -4.41. The molecule has 124 valence electrons. The maximum atomic E-state index is 12.6. The monoisotopic (exact) mass is 317 g/mol. The third-order valence-corrected chi connectivity index (χ3v) is 3.92. The average Bonchev–Trinajstić information content (AvgIpc) is 2.59. The number of halogens is 3. The second-order valence-corrected chi connectivity index (χ2v) is 5.93. The molecule has 0 aliphatic carbocycles. The molecule has 1 heterocycles. The van der Waals surface area contributed by atoms with E-state index in [0.29, 0.717) is 5.46 Å². The van der Waals surface area contributed by atoms with Crippen LogP contribution in [-0.2, 0) is 15.5 Å². The number of benzene rings is 1. The molecule has 0 amide bonds. The second-order valence-electron chi connectivity index (χ2n) is 5.93. The molecule has 1 aromatic carbocycles. The van der Waals surface area contributed by atoms with Crippen molar-refractivity contribution in [2.24, 2.45) is 0 Å². The molecule has 1 saturated heterocycles. The second kappa shape index (κ2) is 6.12. The Hall–Kier alpha value is -1.21. The van der Waals surface area contributed by atoms with Crippen LogP contribution in [0.4, 0.5) is 18.9 Å². The van der Waals surface area contributed by atoms with Crippen LogP contribution in [0.15, 0.2) is 18.2 Å². The van der Waals surface area contributed by atoms with Crippen molar-refractivity contribution in [3.8, 4) is 0 Å². The molecule has 1 fully saturated rings. The number of alkyl halides is 3. The van der Waals surface area contributed by atoms with Crippen LogP contribution in [0, 0.1) is 0 Å². The number of hydrogen-bond donors (Lipinski definition) is 1. The largest absolute Gasteiger partial charge is 0.496 e. The van der Waals surface area contributed by atoms with E-state index in [0.717, 1.165) is 12.1 Å². The Kier molecular flexibility index (Phi) is 5.24. The zero-order valence-electron chi connectivity index (χ0n) is 13.8. The first-order valence-corrected chi connectivity index (χ1v) is 7.26. The van der Waals surface area contributed by atoms with Gasteiger partial charge in [-0.2, -0.15) is 13.2 Å². The molecule has 2 N–H and O–H groups in total. The number of rotatable bonds is 1. The molecule has 0 aromatic heterocycles. The Morgan fingerprint density at radius 3 is 1.82 bits per heavy atom. The summed E-state index contributed by atoms with van der Waals surface area (Å²) in [7, 11) is -0.762. The lowest BCUT2D eigenvalue weighted by Gasteiger charge is -2.32. The molecule has 1 aliphatic rings. The predicted octanol–water partition coefficient (Wildman–Crippen LogP) is 3.61. The molecule has 7 heteroatoms. The fourth-order valence-electron chi connectivity index (χ4n) is 1.94. The number of hydrogen-bond acceptors (Lipinski definition) is 3. The number of anilines is 1. The molecule has 0 bridgehead atoms. The van der Waals surface area contributed by atoms with Crippen LogP contribution >= 0.6 is 0 Å². The predicted molar refractivity (Wildman–Crippen MR) is 82.9 cm³/mol. The van der Waals surface area contributed by atoms with Crippen molar-refractivity contribution in [1.29, 1.82) is 0 Å².